The second kappa shape index (κ2) is 29.2. The number of nitrogens with zero attached hydrogens (tertiary/aromatic N) is 6. The second-order valence-corrected chi connectivity index (χ2v) is 28.2. The highest BCUT2D eigenvalue weighted by Crippen LogP contribution is 2.47. The first-order valence-corrected chi connectivity index (χ1v) is 37.4. The Labute approximate surface area is 637 Å². The van der Waals surface area contributed by atoms with Crippen LogP contribution < -0.4 is 15.1 Å². The molecular weight excluding hydrogens is 1430 g/mol. The van der Waals surface area contributed by atoms with E-state index in [1.807, 2.05) is 60.7 Å². The van der Waals surface area contributed by atoms with Gasteiger partial charge < -0.3 is 15.1 Å². The highest BCUT2D eigenvalue weighted by molar-refractivity contribution is 9.10. The third-order valence-electron chi connectivity index (χ3n) is 19.8. The van der Waals surface area contributed by atoms with E-state index in [9.17, 15) is 0 Å². The molecule has 0 aliphatic rings. The van der Waals surface area contributed by atoms with Crippen LogP contribution in [0.5, 0.6) is 0 Å². The summed E-state index contributed by atoms with van der Waals surface area (Å²) in [5.41, 5.74) is 17.2. The maximum atomic E-state index is 5.76. The molecule has 0 aliphatic carbocycles. The second-order valence-electron chi connectivity index (χ2n) is 26.4. The minimum absolute atomic E-state index is 0.901. The minimum Gasteiger partial charge on any atom is -0.356 e. The number of para-hydroxylation sites is 8. The van der Waals surface area contributed by atoms with E-state index in [4.69, 9.17) is 9.97 Å². The standard InChI is InChI=1S/C55H38N4.C31H18Br2N2.C12H11N/c1-6-21-40(22-7-1)57(41-23-8-2-9-24-41)45-33-35-48-49-36-34-46(58(42-25-10-3-11-26-42)43-27-12-4-13-28-43)38-52(49)54-53(51(48)37-45)56-55(59(54)44-29-14-5-15-30-44)50-32-18-20-39-19-16-17-31-47(39)50;32-20-13-15-24-25-16-14-21(33)18-28(25)30-29(27(24)17-20)34-31(35(30)22-9-2-1-3-10-22)26-12-6-8-19-7-4-5-11-23(19)26;1-3-7-11(8-4-1)13-12-9-5-2-6-10-12/h1-38H;1-18H;1-10,13H. The van der Waals surface area contributed by atoms with Crippen LogP contribution in [-0.4, -0.2) is 19.1 Å². The molecule has 0 atom stereocenters. The number of benzene rings is 18. The number of fused-ring (bicyclic) bond motifs is 14. The van der Waals surface area contributed by atoms with Gasteiger partial charge in [-0.3, -0.25) is 9.13 Å². The predicted molar refractivity (Wildman–Crippen MR) is 459 cm³/mol. The average Bonchev–Trinajstić information content (AvgIpc) is 1.63. The van der Waals surface area contributed by atoms with Gasteiger partial charge in [0, 0.05) is 98.5 Å². The molecule has 0 saturated heterocycles. The Morgan fingerprint density at radius 1 is 0.234 bits per heavy atom. The zero-order chi connectivity index (χ0) is 71.6. The van der Waals surface area contributed by atoms with Gasteiger partial charge in [0.1, 0.15) is 11.6 Å². The van der Waals surface area contributed by atoms with Crippen LogP contribution in [0.25, 0.3) is 121 Å². The molecule has 508 valence electrons. The normalized spacial score (nSPS) is 11.3. The number of hydrogen-bond donors (Lipinski definition) is 1. The molecule has 2 aromatic heterocycles. The van der Waals surface area contributed by atoms with Crippen LogP contribution in [0.1, 0.15) is 0 Å². The number of imidazole rings is 2. The summed E-state index contributed by atoms with van der Waals surface area (Å²) < 4.78 is 6.81. The molecule has 0 spiro atoms. The molecular formula is C98H67Br2N7. The van der Waals surface area contributed by atoms with Crippen molar-refractivity contribution in [3.63, 3.8) is 0 Å². The fourth-order valence-corrected chi connectivity index (χ4v) is 15.8. The fourth-order valence-electron chi connectivity index (χ4n) is 15.1. The van der Waals surface area contributed by atoms with Crippen molar-refractivity contribution in [2.24, 2.45) is 0 Å². The van der Waals surface area contributed by atoms with Crippen LogP contribution in [0.2, 0.25) is 0 Å². The lowest BCUT2D eigenvalue weighted by molar-refractivity contribution is 1.11. The Bertz CT molecular complexity index is 6480. The first-order valence-electron chi connectivity index (χ1n) is 35.8. The molecule has 0 aliphatic heterocycles. The third-order valence-corrected chi connectivity index (χ3v) is 20.8. The van der Waals surface area contributed by atoms with E-state index in [2.05, 4.69) is 396 Å². The van der Waals surface area contributed by atoms with Crippen LogP contribution in [0.15, 0.2) is 409 Å². The van der Waals surface area contributed by atoms with Gasteiger partial charge in [-0.1, -0.05) is 287 Å². The Hall–Kier alpha value is -13.2. The van der Waals surface area contributed by atoms with E-state index in [-0.39, 0.29) is 0 Å². The maximum Gasteiger partial charge on any atom is 0.146 e. The summed E-state index contributed by atoms with van der Waals surface area (Å²) in [5, 5.41) is 17.3. The molecule has 20 aromatic rings. The molecule has 1 N–H and O–H groups in total. The summed E-state index contributed by atoms with van der Waals surface area (Å²) in [7, 11) is 0. The molecule has 2 heterocycles. The lowest BCUT2D eigenvalue weighted by Crippen LogP contribution is -2.10. The van der Waals surface area contributed by atoms with E-state index in [1.165, 1.54) is 32.3 Å². The molecule has 0 fully saturated rings. The maximum absolute atomic E-state index is 5.76. The SMILES string of the molecule is Brc1ccc2c3ccc(Br)cc3c3c(nc(-c4cccc5ccccc45)n3-c3ccccc3)c2c1.c1ccc(N(c2ccccc2)c2ccc3c4ccc(N(c5ccccc5)c5ccccc5)cc4c4c(nc(-c5cccc6ccccc56)n4-c4ccccc4)c3c2)cc1.c1ccc(Nc2ccccc2)cc1. The minimum atomic E-state index is 0.901. The quantitative estimate of drug-likeness (QED) is 0.124. The molecule has 0 saturated carbocycles. The van der Waals surface area contributed by atoms with Crippen molar-refractivity contribution in [2.45, 2.75) is 0 Å². The highest BCUT2D eigenvalue weighted by atomic mass is 79.9. The molecule has 0 bridgehead atoms. The molecule has 107 heavy (non-hydrogen) atoms. The molecule has 0 amide bonds. The van der Waals surface area contributed by atoms with E-state index in [0.717, 1.165) is 143 Å². The zero-order valence-electron chi connectivity index (χ0n) is 58.0. The molecule has 0 unspecified atom stereocenters. The summed E-state index contributed by atoms with van der Waals surface area (Å²) in [4.78, 5) is 15.8. The summed E-state index contributed by atoms with van der Waals surface area (Å²) in [5.74, 6) is 1.84. The predicted octanol–water partition coefficient (Wildman–Crippen LogP) is 28.2. The zero-order valence-corrected chi connectivity index (χ0v) is 61.2. The van der Waals surface area contributed by atoms with Gasteiger partial charge in [-0.2, -0.15) is 0 Å². The number of halogens is 2. The van der Waals surface area contributed by atoms with Crippen molar-refractivity contribution >= 4 is 164 Å². The fraction of sp³-hybridized carbons (Fsp3) is 0. The first-order chi connectivity index (χ1) is 52.9. The Kier molecular flexibility index (Phi) is 17.9. The van der Waals surface area contributed by atoms with Gasteiger partial charge in [0.25, 0.3) is 0 Å². The number of nitrogens with one attached hydrogen (secondary N) is 1. The van der Waals surface area contributed by atoms with Crippen LogP contribution in [0.3, 0.4) is 0 Å². The number of hydrogen-bond acceptors (Lipinski definition) is 5. The Morgan fingerprint density at radius 3 is 0.935 bits per heavy atom. The van der Waals surface area contributed by atoms with Gasteiger partial charge in [-0.05, 0) is 189 Å². The van der Waals surface area contributed by atoms with Crippen LogP contribution in [-0.2, 0) is 0 Å². The highest BCUT2D eigenvalue weighted by Gasteiger charge is 2.26. The Morgan fingerprint density at radius 2 is 0.533 bits per heavy atom. The monoisotopic (exact) mass is 1500 g/mol. The number of aromatic nitrogens is 4. The van der Waals surface area contributed by atoms with Gasteiger partial charge in [-0.15, -0.1) is 0 Å². The van der Waals surface area contributed by atoms with E-state index in [0.29, 0.717) is 0 Å². The van der Waals surface area contributed by atoms with E-state index in [1.54, 1.807) is 0 Å². The Balaban J connectivity index is 0.000000141. The smallest absolute Gasteiger partial charge is 0.146 e. The van der Waals surface area contributed by atoms with E-state index >= 15 is 0 Å². The molecule has 20 rings (SSSR count). The van der Waals surface area contributed by atoms with Gasteiger partial charge in [0.05, 0.1) is 22.1 Å². The van der Waals surface area contributed by atoms with Crippen molar-refractivity contribution < 1.29 is 0 Å². The largest absolute Gasteiger partial charge is 0.356 e. The topological polar surface area (TPSA) is 54.2 Å². The van der Waals surface area contributed by atoms with Crippen molar-refractivity contribution in [1.82, 2.24) is 19.1 Å². The van der Waals surface area contributed by atoms with Crippen LogP contribution in [0, 0.1) is 0 Å². The first kappa shape index (κ1) is 65.8. The van der Waals surface area contributed by atoms with Crippen LogP contribution >= 0.6 is 31.9 Å². The van der Waals surface area contributed by atoms with Gasteiger partial charge in [-0.25, -0.2) is 9.97 Å². The van der Waals surface area contributed by atoms with Crippen LogP contribution in [0.4, 0.5) is 45.5 Å². The number of rotatable bonds is 12. The number of anilines is 8. The van der Waals surface area contributed by atoms with Gasteiger partial charge in [0.2, 0.25) is 0 Å². The molecule has 18 aromatic carbocycles. The molecule has 7 nitrogen and oxygen atoms in total. The van der Waals surface area contributed by atoms with Gasteiger partial charge in [0.15, 0.2) is 0 Å². The summed E-state index contributed by atoms with van der Waals surface area (Å²) in [6.07, 6.45) is 0. The molecule has 9 heteroatoms. The van der Waals surface area contributed by atoms with Crippen molar-refractivity contribution in [3.8, 4) is 34.2 Å². The summed E-state index contributed by atoms with van der Waals surface area (Å²) >= 11 is 7.42. The van der Waals surface area contributed by atoms with Gasteiger partial charge >= 0.3 is 0 Å². The lowest BCUT2D eigenvalue weighted by Gasteiger charge is -2.27. The van der Waals surface area contributed by atoms with Crippen molar-refractivity contribution in [2.75, 3.05) is 15.1 Å². The summed E-state index contributed by atoms with van der Waals surface area (Å²) in [6.45, 7) is 0. The lowest BCUT2D eigenvalue weighted by atomic mass is 9.97. The summed E-state index contributed by atoms with van der Waals surface area (Å²) in [6, 6.07) is 141. The van der Waals surface area contributed by atoms with E-state index < -0.39 is 0 Å². The molecule has 0 radical (unpaired) electrons. The average molecular weight is 1500 g/mol. The van der Waals surface area contributed by atoms with Crippen molar-refractivity contribution in [3.05, 3.63) is 409 Å². The van der Waals surface area contributed by atoms with Crippen molar-refractivity contribution in [1.29, 1.82) is 0 Å². The third kappa shape index (κ3) is 12.8.